The molecule has 1 fully saturated rings. The zero-order valence-corrected chi connectivity index (χ0v) is 16.5. The number of aryl methyl sites for hydroxylation is 2. The highest BCUT2D eigenvalue weighted by Crippen LogP contribution is 2.35. The molecule has 1 saturated carbocycles. The minimum absolute atomic E-state index is 0.0880. The summed E-state index contributed by atoms with van der Waals surface area (Å²) in [5.41, 5.74) is 2.39. The lowest BCUT2D eigenvalue weighted by Gasteiger charge is -2.37. The minimum Gasteiger partial charge on any atom is -0.368 e. The number of aromatic nitrogens is 3. The van der Waals surface area contributed by atoms with Crippen molar-refractivity contribution in [2.45, 2.75) is 53.1 Å². The van der Waals surface area contributed by atoms with Crippen molar-refractivity contribution in [2.24, 2.45) is 24.8 Å². The van der Waals surface area contributed by atoms with Crippen molar-refractivity contribution in [2.75, 3.05) is 11.9 Å². The molecule has 0 bridgehead atoms. The third-order valence-electron chi connectivity index (χ3n) is 5.54. The molecule has 2 heterocycles. The van der Waals surface area contributed by atoms with Gasteiger partial charge in [-0.15, -0.1) is 0 Å². The Morgan fingerprint density at radius 2 is 2.19 bits per heavy atom. The van der Waals surface area contributed by atoms with Crippen LogP contribution in [0.3, 0.4) is 0 Å². The maximum absolute atomic E-state index is 12.4. The van der Waals surface area contributed by atoms with Crippen molar-refractivity contribution in [3.63, 3.8) is 0 Å². The Morgan fingerprint density at radius 3 is 2.92 bits per heavy atom. The van der Waals surface area contributed by atoms with Crippen molar-refractivity contribution in [1.29, 1.82) is 0 Å². The van der Waals surface area contributed by atoms with Crippen LogP contribution in [-0.2, 0) is 16.6 Å². The zero-order chi connectivity index (χ0) is 18.8. The van der Waals surface area contributed by atoms with Crippen LogP contribution in [0.2, 0.25) is 0 Å². The smallest absolute Gasteiger partial charge is 0.250 e. The Bertz CT molecular complexity index is 783. The molecular weight excluding hydrogens is 328 g/mol. The summed E-state index contributed by atoms with van der Waals surface area (Å²) in [5.74, 6) is 1.65. The summed E-state index contributed by atoms with van der Waals surface area (Å²) in [7, 11) is 1.87. The van der Waals surface area contributed by atoms with E-state index in [0.717, 1.165) is 23.1 Å². The molecule has 6 nitrogen and oxygen atoms in total. The Morgan fingerprint density at radius 1 is 1.42 bits per heavy atom. The number of carbonyl (C=O) groups excluding carboxylic acids is 1. The highest BCUT2D eigenvalue weighted by Gasteiger charge is 2.31. The highest BCUT2D eigenvalue weighted by molar-refractivity contribution is 5.93. The molecule has 1 N–H and O–H groups in total. The fraction of sp³-hybridized carbons (Fsp3) is 0.650. The molecule has 1 amide bonds. The summed E-state index contributed by atoms with van der Waals surface area (Å²) in [5, 5.41) is 8.21. The first-order valence-electron chi connectivity index (χ1n) is 9.56. The minimum atomic E-state index is -0.131. The van der Waals surface area contributed by atoms with Gasteiger partial charge in [-0.25, -0.2) is 4.98 Å². The Labute approximate surface area is 155 Å². The lowest BCUT2D eigenvalue weighted by molar-refractivity contribution is -0.126. The van der Waals surface area contributed by atoms with Crippen molar-refractivity contribution in [3.05, 3.63) is 18.0 Å². The van der Waals surface area contributed by atoms with Gasteiger partial charge < -0.3 is 10.1 Å². The number of ether oxygens (including phenoxy) is 1. The number of nitrogens with one attached hydrogen (secondary N) is 1. The van der Waals surface area contributed by atoms with Crippen LogP contribution < -0.4 is 5.32 Å². The van der Waals surface area contributed by atoms with E-state index in [0.29, 0.717) is 23.4 Å². The second-order valence-corrected chi connectivity index (χ2v) is 8.03. The first-order valence-corrected chi connectivity index (χ1v) is 9.56. The maximum Gasteiger partial charge on any atom is 0.250 e. The van der Waals surface area contributed by atoms with Gasteiger partial charge in [0.25, 0.3) is 0 Å². The second-order valence-electron chi connectivity index (χ2n) is 8.03. The van der Waals surface area contributed by atoms with Crippen LogP contribution in [-0.4, -0.2) is 33.4 Å². The summed E-state index contributed by atoms with van der Waals surface area (Å²) in [6.45, 7) is 8.78. The van der Waals surface area contributed by atoms with E-state index < -0.39 is 0 Å². The lowest BCUT2D eigenvalue weighted by Crippen LogP contribution is -2.36. The van der Waals surface area contributed by atoms with Gasteiger partial charge in [0, 0.05) is 12.4 Å². The Kier molecular flexibility index (Phi) is 5.61. The predicted molar refractivity (Wildman–Crippen MR) is 103 cm³/mol. The topological polar surface area (TPSA) is 69.0 Å². The van der Waals surface area contributed by atoms with Crippen LogP contribution in [0, 0.1) is 24.7 Å². The molecule has 0 radical (unpaired) electrons. The van der Waals surface area contributed by atoms with Crippen LogP contribution >= 0.6 is 0 Å². The van der Waals surface area contributed by atoms with E-state index in [1.54, 1.807) is 10.9 Å². The quantitative estimate of drug-likeness (QED) is 0.885. The number of rotatable bonds is 5. The first-order chi connectivity index (χ1) is 12.3. The van der Waals surface area contributed by atoms with Crippen molar-refractivity contribution in [1.82, 2.24) is 14.8 Å². The van der Waals surface area contributed by atoms with Gasteiger partial charge in [-0.1, -0.05) is 27.2 Å². The molecule has 3 rings (SSSR count). The normalized spacial score (nSPS) is 23.5. The van der Waals surface area contributed by atoms with E-state index in [-0.39, 0.29) is 18.6 Å². The molecule has 2 aromatic heterocycles. The van der Waals surface area contributed by atoms with E-state index in [2.05, 4.69) is 36.2 Å². The monoisotopic (exact) mass is 358 g/mol. The standard InChI is InChI=1S/C20H30N4O2/c1-12(2)16-7-6-13(3)8-18(16)26-11-19(25)22-15-9-17-14(4)23-24(5)20(17)21-10-15/h9-10,12-13,16,18H,6-8,11H2,1-5H3,(H,22,25). The highest BCUT2D eigenvalue weighted by atomic mass is 16.5. The van der Waals surface area contributed by atoms with Gasteiger partial charge in [0.1, 0.15) is 6.61 Å². The molecule has 3 unspecified atom stereocenters. The van der Waals surface area contributed by atoms with Gasteiger partial charge in [-0.2, -0.15) is 5.10 Å². The molecule has 2 aromatic rings. The largest absolute Gasteiger partial charge is 0.368 e. The third kappa shape index (κ3) is 4.06. The lowest BCUT2D eigenvalue weighted by atomic mass is 9.75. The Hall–Kier alpha value is -1.95. The van der Waals surface area contributed by atoms with Gasteiger partial charge in [0.15, 0.2) is 5.65 Å². The number of fused-ring (bicyclic) bond motifs is 1. The number of pyridine rings is 1. The number of carbonyl (C=O) groups is 1. The van der Waals surface area contributed by atoms with E-state index in [1.165, 1.54) is 12.8 Å². The van der Waals surface area contributed by atoms with Crippen LogP contribution in [0.4, 0.5) is 5.69 Å². The SMILES string of the molecule is Cc1nn(C)c2ncc(NC(=O)COC3CC(C)CCC3C(C)C)cc12. The maximum atomic E-state index is 12.4. The number of amides is 1. The van der Waals surface area contributed by atoms with Crippen molar-refractivity contribution < 1.29 is 9.53 Å². The molecule has 0 spiro atoms. The van der Waals surface area contributed by atoms with Crippen LogP contribution in [0.1, 0.15) is 45.7 Å². The van der Waals surface area contributed by atoms with E-state index >= 15 is 0 Å². The molecule has 0 aromatic carbocycles. The molecule has 26 heavy (non-hydrogen) atoms. The summed E-state index contributed by atoms with van der Waals surface area (Å²) in [6.07, 6.45) is 5.32. The van der Waals surface area contributed by atoms with Crippen LogP contribution in [0.5, 0.6) is 0 Å². The number of hydrogen-bond donors (Lipinski definition) is 1. The second kappa shape index (κ2) is 7.74. The van der Waals surface area contributed by atoms with Gasteiger partial charge >= 0.3 is 0 Å². The molecule has 0 aliphatic heterocycles. The number of nitrogens with zero attached hydrogens (tertiary/aromatic N) is 3. The zero-order valence-electron chi connectivity index (χ0n) is 16.5. The summed E-state index contributed by atoms with van der Waals surface area (Å²) in [4.78, 5) is 16.7. The first kappa shape index (κ1) is 18.8. The van der Waals surface area contributed by atoms with E-state index in [4.69, 9.17) is 4.74 Å². The van der Waals surface area contributed by atoms with E-state index in [9.17, 15) is 4.79 Å². The predicted octanol–water partition coefficient (Wildman–Crippen LogP) is 3.69. The average Bonchev–Trinajstić information content (AvgIpc) is 2.86. The molecule has 0 saturated heterocycles. The molecular formula is C20H30N4O2. The van der Waals surface area contributed by atoms with E-state index in [1.807, 2.05) is 20.0 Å². The average molecular weight is 358 g/mol. The molecule has 6 heteroatoms. The number of anilines is 1. The van der Waals surface area contributed by atoms with Crippen molar-refractivity contribution >= 4 is 22.6 Å². The summed E-state index contributed by atoms with van der Waals surface area (Å²) >= 11 is 0. The van der Waals surface area contributed by atoms with Gasteiger partial charge in [-0.05, 0) is 43.6 Å². The number of hydrogen-bond acceptors (Lipinski definition) is 4. The van der Waals surface area contributed by atoms with Gasteiger partial charge in [-0.3, -0.25) is 9.48 Å². The van der Waals surface area contributed by atoms with Crippen LogP contribution in [0.25, 0.3) is 11.0 Å². The molecule has 142 valence electrons. The molecule has 3 atom stereocenters. The third-order valence-corrected chi connectivity index (χ3v) is 5.54. The Balaban J connectivity index is 1.61. The van der Waals surface area contributed by atoms with Crippen LogP contribution in [0.15, 0.2) is 12.3 Å². The molecule has 1 aliphatic carbocycles. The van der Waals surface area contributed by atoms with Crippen molar-refractivity contribution in [3.8, 4) is 0 Å². The van der Waals surface area contributed by atoms with Gasteiger partial charge in [0.05, 0.1) is 23.7 Å². The summed E-state index contributed by atoms with van der Waals surface area (Å²) < 4.78 is 7.77. The summed E-state index contributed by atoms with van der Waals surface area (Å²) in [6, 6.07) is 1.92. The fourth-order valence-electron chi connectivity index (χ4n) is 4.06. The fourth-order valence-corrected chi connectivity index (χ4v) is 4.06. The van der Waals surface area contributed by atoms with Gasteiger partial charge in [0.2, 0.25) is 5.91 Å². The molecule has 1 aliphatic rings.